The van der Waals surface area contributed by atoms with Gasteiger partial charge < -0.3 is 14.4 Å². The molecule has 0 aromatic heterocycles. The number of ether oxygens (including phenoxy) is 2. The van der Waals surface area contributed by atoms with Gasteiger partial charge in [0.05, 0.1) is 12.1 Å². The third kappa shape index (κ3) is 5.65. The second kappa shape index (κ2) is 9.82. The number of hydroxylamine groups is 2. The number of nitrogens with zero attached hydrogens (tertiary/aromatic N) is 3. The number of urea groups is 1. The van der Waals surface area contributed by atoms with E-state index in [1.165, 1.54) is 48.3 Å². The number of imide groups is 1. The highest BCUT2D eigenvalue weighted by molar-refractivity contribution is 6.06. The van der Waals surface area contributed by atoms with Gasteiger partial charge in [0.25, 0.3) is 5.91 Å². The van der Waals surface area contributed by atoms with Gasteiger partial charge in [0.15, 0.2) is 0 Å². The van der Waals surface area contributed by atoms with Crippen molar-refractivity contribution >= 4 is 18.3 Å². The molecule has 1 unspecified atom stereocenters. The normalized spacial score (nSPS) is 16.3. The Morgan fingerprint density at radius 1 is 1.03 bits per heavy atom. The number of hydrogen-bond donors (Lipinski definition) is 1. The number of benzene rings is 2. The second-order valence-corrected chi connectivity index (χ2v) is 8.36. The molecule has 2 aromatic rings. The molecule has 3 rings (SSSR count). The Morgan fingerprint density at radius 2 is 1.54 bits per heavy atom. The highest BCUT2D eigenvalue weighted by atomic mass is 19.4. The lowest BCUT2D eigenvalue weighted by atomic mass is 10.1. The van der Waals surface area contributed by atoms with E-state index in [2.05, 4.69) is 0 Å². The monoisotopic (exact) mass is 495 g/mol. The molecule has 2 aromatic carbocycles. The summed E-state index contributed by atoms with van der Waals surface area (Å²) in [5.74, 6) is 0.398. The first kappa shape index (κ1) is 25.8. The van der Waals surface area contributed by atoms with Gasteiger partial charge in [-0.25, -0.2) is 9.86 Å². The van der Waals surface area contributed by atoms with Crippen molar-refractivity contribution < 1.29 is 42.2 Å². The Balaban J connectivity index is 1.62. The Morgan fingerprint density at radius 3 is 2.00 bits per heavy atom. The van der Waals surface area contributed by atoms with Crippen LogP contribution in [-0.2, 0) is 15.8 Å². The molecule has 0 radical (unpaired) electrons. The Bertz CT molecular complexity index is 1070. The van der Waals surface area contributed by atoms with Crippen LogP contribution in [0.4, 0.5) is 18.0 Å². The fourth-order valence-electron chi connectivity index (χ4n) is 3.30. The third-order valence-corrected chi connectivity index (χ3v) is 5.68. The predicted molar refractivity (Wildman–Crippen MR) is 116 cm³/mol. The third-order valence-electron chi connectivity index (χ3n) is 5.68. The van der Waals surface area contributed by atoms with Gasteiger partial charge in [-0.3, -0.25) is 19.7 Å². The SMILES string of the molecule is CN1C(=O)N(CC(COc2ccc(Oc3ccc(C(F)(F)F)cc3)cc2)N(O)C=O)C(=O)C1(C)C. The molecule has 0 spiro atoms. The summed E-state index contributed by atoms with van der Waals surface area (Å²) in [5, 5.41) is 10.3. The van der Waals surface area contributed by atoms with Crippen molar-refractivity contribution in [2.45, 2.75) is 31.6 Å². The fourth-order valence-corrected chi connectivity index (χ4v) is 3.30. The van der Waals surface area contributed by atoms with Gasteiger partial charge in [0, 0.05) is 7.05 Å². The first-order valence-electron chi connectivity index (χ1n) is 10.4. The van der Waals surface area contributed by atoms with Crippen LogP contribution in [0.5, 0.6) is 17.2 Å². The van der Waals surface area contributed by atoms with E-state index in [-0.39, 0.29) is 25.3 Å². The summed E-state index contributed by atoms with van der Waals surface area (Å²) in [6.45, 7) is 2.65. The number of rotatable bonds is 9. The first-order chi connectivity index (χ1) is 16.3. The summed E-state index contributed by atoms with van der Waals surface area (Å²) in [5.41, 5.74) is -1.85. The average molecular weight is 495 g/mol. The summed E-state index contributed by atoms with van der Waals surface area (Å²) >= 11 is 0. The zero-order valence-corrected chi connectivity index (χ0v) is 19.2. The Labute approximate surface area is 199 Å². The quantitative estimate of drug-likeness (QED) is 0.246. The molecule has 1 N–H and O–H groups in total. The molecule has 1 saturated heterocycles. The van der Waals surface area contributed by atoms with Gasteiger partial charge in [-0.05, 0) is 62.4 Å². The van der Waals surface area contributed by atoms with Crippen LogP contribution >= 0.6 is 0 Å². The number of hydrogen-bond acceptors (Lipinski definition) is 6. The molecular formula is C23H24F3N3O6. The summed E-state index contributed by atoms with van der Waals surface area (Å²) in [4.78, 5) is 38.4. The summed E-state index contributed by atoms with van der Waals surface area (Å²) < 4.78 is 49.1. The molecule has 0 bridgehead atoms. The molecule has 0 saturated carbocycles. The molecule has 1 fully saturated rings. The lowest BCUT2D eigenvalue weighted by Crippen LogP contribution is -2.48. The van der Waals surface area contributed by atoms with E-state index in [1.54, 1.807) is 13.8 Å². The van der Waals surface area contributed by atoms with Crippen LogP contribution in [0, 0.1) is 0 Å². The molecule has 1 atom stereocenters. The molecule has 4 amide bonds. The van der Waals surface area contributed by atoms with E-state index in [1.807, 2.05) is 0 Å². The lowest BCUT2D eigenvalue weighted by Gasteiger charge is -2.26. The van der Waals surface area contributed by atoms with Crippen molar-refractivity contribution in [1.82, 2.24) is 14.9 Å². The van der Waals surface area contributed by atoms with Crippen molar-refractivity contribution in [2.24, 2.45) is 0 Å². The van der Waals surface area contributed by atoms with Gasteiger partial charge in [-0.15, -0.1) is 0 Å². The average Bonchev–Trinajstić information content (AvgIpc) is 2.96. The van der Waals surface area contributed by atoms with Crippen LogP contribution in [0.3, 0.4) is 0 Å². The largest absolute Gasteiger partial charge is 0.491 e. The fraction of sp³-hybridized carbons (Fsp3) is 0.348. The van der Waals surface area contributed by atoms with E-state index in [4.69, 9.17) is 9.47 Å². The van der Waals surface area contributed by atoms with Crippen molar-refractivity contribution in [1.29, 1.82) is 0 Å². The lowest BCUT2D eigenvalue weighted by molar-refractivity contribution is -0.165. The highest BCUT2D eigenvalue weighted by Crippen LogP contribution is 2.32. The molecule has 12 heteroatoms. The van der Waals surface area contributed by atoms with Crippen molar-refractivity contribution in [3.8, 4) is 17.2 Å². The topological polar surface area (TPSA) is 99.6 Å². The second-order valence-electron chi connectivity index (χ2n) is 8.36. The van der Waals surface area contributed by atoms with Gasteiger partial charge in [-0.1, -0.05) is 0 Å². The molecule has 9 nitrogen and oxygen atoms in total. The van der Waals surface area contributed by atoms with Crippen molar-refractivity contribution in [3.05, 3.63) is 54.1 Å². The van der Waals surface area contributed by atoms with E-state index < -0.39 is 35.3 Å². The zero-order valence-electron chi connectivity index (χ0n) is 19.2. The van der Waals surface area contributed by atoms with Gasteiger partial charge in [0.2, 0.25) is 6.41 Å². The van der Waals surface area contributed by atoms with Gasteiger partial charge >= 0.3 is 12.2 Å². The van der Waals surface area contributed by atoms with Crippen molar-refractivity contribution in [3.63, 3.8) is 0 Å². The molecule has 1 heterocycles. The smallest absolute Gasteiger partial charge is 0.416 e. The van der Waals surface area contributed by atoms with E-state index in [9.17, 15) is 32.8 Å². The number of carbonyl (C=O) groups excluding carboxylic acids is 3. The summed E-state index contributed by atoms with van der Waals surface area (Å²) in [7, 11) is 1.48. The maximum Gasteiger partial charge on any atom is 0.416 e. The minimum Gasteiger partial charge on any atom is -0.491 e. The number of likely N-dealkylation sites (N-methyl/N-ethyl adjacent to an activating group) is 1. The predicted octanol–water partition coefficient (Wildman–Crippen LogP) is 3.77. The van der Waals surface area contributed by atoms with Crippen LogP contribution in [0.15, 0.2) is 48.5 Å². The number of alkyl halides is 3. The minimum atomic E-state index is -4.44. The van der Waals surface area contributed by atoms with Crippen LogP contribution in [0.25, 0.3) is 0 Å². The van der Waals surface area contributed by atoms with Gasteiger partial charge in [-0.2, -0.15) is 13.2 Å². The highest BCUT2D eigenvalue weighted by Gasteiger charge is 2.50. The van der Waals surface area contributed by atoms with E-state index in [0.717, 1.165) is 17.0 Å². The Hall–Kier alpha value is -3.80. The van der Waals surface area contributed by atoms with Gasteiger partial charge in [0.1, 0.15) is 35.4 Å². The molecule has 188 valence electrons. The van der Waals surface area contributed by atoms with E-state index >= 15 is 0 Å². The number of carbonyl (C=O) groups is 3. The Kier molecular flexibility index (Phi) is 7.25. The summed E-state index contributed by atoms with van der Waals surface area (Å²) in [6, 6.07) is 8.70. The van der Waals surface area contributed by atoms with Crippen LogP contribution < -0.4 is 9.47 Å². The minimum absolute atomic E-state index is 0.148. The number of amides is 4. The van der Waals surface area contributed by atoms with Crippen LogP contribution in [-0.4, -0.2) is 70.2 Å². The molecular weight excluding hydrogens is 471 g/mol. The van der Waals surface area contributed by atoms with Crippen molar-refractivity contribution in [2.75, 3.05) is 20.2 Å². The van der Waals surface area contributed by atoms with E-state index in [0.29, 0.717) is 16.6 Å². The van der Waals surface area contributed by atoms with Crippen LogP contribution in [0.2, 0.25) is 0 Å². The standard InChI is InChI=1S/C23H24F3N3O6/c1-22(2)20(31)28(21(32)27(22)3)12-16(29(33)14-30)13-34-17-8-10-19(11-9-17)35-18-6-4-15(5-7-18)23(24,25)26/h4-11,14,16,33H,12-13H2,1-3H3. The summed E-state index contributed by atoms with van der Waals surface area (Å²) in [6.07, 6.45) is -4.29. The molecule has 1 aliphatic heterocycles. The molecule has 0 aliphatic carbocycles. The van der Waals surface area contributed by atoms with Crippen LogP contribution in [0.1, 0.15) is 19.4 Å². The maximum atomic E-state index is 12.7. The zero-order chi connectivity index (χ0) is 26.0. The molecule has 35 heavy (non-hydrogen) atoms. The first-order valence-corrected chi connectivity index (χ1v) is 10.4. The molecule has 1 aliphatic rings. The maximum absolute atomic E-state index is 12.7. The number of halogens is 3.